The highest BCUT2D eigenvalue weighted by molar-refractivity contribution is 6.07. The van der Waals surface area contributed by atoms with E-state index in [1.54, 1.807) is 31.2 Å². The molecule has 154 valence electrons. The van der Waals surface area contributed by atoms with Crippen LogP contribution < -0.4 is 10.1 Å². The van der Waals surface area contributed by atoms with Crippen LogP contribution in [0.5, 0.6) is 5.75 Å². The van der Waals surface area contributed by atoms with Crippen LogP contribution in [0.3, 0.4) is 0 Å². The summed E-state index contributed by atoms with van der Waals surface area (Å²) in [4.78, 5) is 39.8. The number of ether oxygens (including phenoxy) is 1. The monoisotopic (exact) mass is 410 g/mol. The fourth-order valence-electron chi connectivity index (χ4n) is 3.05. The van der Waals surface area contributed by atoms with E-state index in [2.05, 4.69) is 10.3 Å². The van der Waals surface area contributed by atoms with Gasteiger partial charge in [-0.05, 0) is 48.9 Å². The number of fused-ring (bicyclic) bond motifs is 1. The summed E-state index contributed by atoms with van der Waals surface area (Å²) in [5.41, 5.74) is 1.76. The van der Waals surface area contributed by atoms with Crippen LogP contribution in [0.25, 0.3) is 10.9 Å². The van der Waals surface area contributed by atoms with Crippen LogP contribution in [0.2, 0.25) is 0 Å². The van der Waals surface area contributed by atoms with Gasteiger partial charge in [-0.2, -0.15) is 0 Å². The maximum Gasteiger partial charge on any atom is 0.326 e. The smallest absolute Gasteiger partial charge is 0.326 e. The topological polar surface area (TPSA) is 106 Å². The minimum atomic E-state index is -1.21. The number of esters is 1. The summed E-state index contributed by atoms with van der Waals surface area (Å²) in [7, 11) is 0. The Morgan fingerprint density at radius 3 is 2.47 bits per heavy atom. The van der Waals surface area contributed by atoms with Crippen molar-refractivity contribution in [2.45, 2.75) is 26.3 Å². The molecule has 0 spiro atoms. The van der Waals surface area contributed by atoms with Crippen LogP contribution in [0, 0.1) is 12.7 Å². The third-order valence-electron chi connectivity index (χ3n) is 4.37. The lowest BCUT2D eigenvalue weighted by molar-refractivity contribution is -0.139. The van der Waals surface area contributed by atoms with Crippen molar-refractivity contribution in [3.8, 4) is 5.75 Å². The lowest BCUT2D eigenvalue weighted by Gasteiger charge is -2.16. The van der Waals surface area contributed by atoms with Crippen LogP contribution in [-0.4, -0.2) is 34.0 Å². The number of rotatable bonds is 6. The van der Waals surface area contributed by atoms with E-state index in [-0.39, 0.29) is 12.0 Å². The Hall–Kier alpha value is -3.81. The Morgan fingerprint density at radius 1 is 1.13 bits per heavy atom. The zero-order valence-electron chi connectivity index (χ0n) is 16.3. The third-order valence-corrected chi connectivity index (χ3v) is 4.37. The number of aromatic nitrogens is 1. The first kappa shape index (κ1) is 20.9. The van der Waals surface area contributed by atoms with E-state index < -0.39 is 29.7 Å². The van der Waals surface area contributed by atoms with Crippen LogP contribution in [0.15, 0.2) is 48.5 Å². The molecule has 0 radical (unpaired) electrons. The van der Waals surface area contributed by atoms with Gasteiger partial charge in [0.25, 0.3) is 5.91 Å². The Bertz CT molecular complexity index is 1130. The molecule has 1 unspecified atom stereocenters. The van der Waals surface area contributed by atoms with Gasteiger partial charge >= 0.3 is 11.9 Å². The van der Waals surface area contributed by atoms with Gasteiger partial charge in [0.2, 0.25) is 0 Å². The van der Waals surface area contributed by atoms with Gasteiger partial charge in [-0.25, -0.2) is 9.18 Å². The van der Waals surface area contributed by atoms with Gasteiger partial charge in [-0.1, -0.05) is 12.1 Å². The molecule has 0 aliphatic carbocycles. The molecule has 0 bridgehead atoms. The number of aliphatic carboxylic acids is 1. The van der Waals surface area contributed by atoms with Crippen molar-refractivity contribution in [1.29, 1.82) is 0 Å². The summed E-state index contributed by atoms with van der Waals surface area (Å²) < 4.78 is 18.6. The van der Waals surface area contributed by atoms with Crippen molar-refractivity contribution in [3.05, 3.63) is 71.2 Å². The predicted octanol–water partition coefficient (Wildman–Crippen LogP) is 3.03. The first-order valence-electron chi connectivity index (χ1n) is 9.11. The second-order valence-corrected chi connectivity index (χ2v) is 6.78. The number of amides is 1. The average molecular weight is 410 g/mol. The van der Waals surface area contributed by atoms with Crippen molar-refractivity contribution < 1.29 is 28.6 Å². The summed E-state index contributed by atoms with van der Waals surface area (Å²) in [6.07, 6.45) is 0.0117. The zero-order chi connectivity index (χ0) is 21.8. The number of nitrogens with one attached hydrogen (secondary N) is 1. The molecule has 0 aliphatic heterocycles. The molecule has 8 heteroatoms. The Morgan fingerprint density at radius 2 is 1.83 bits per heavy atom. The predicted molar refractivity (Wildman–Crippen MR) is 107 cm³/mol. The number of carboxylic acids is 1. The van der Waals surface area contributed by atoms with E-state index >= 15 is 0 Å². The average Bonchev–Trinajstić information content (AvgIpc) is 2.68. The van der Waals surface area contributed by atoms with E-state index in [1.165, 1.54) is 31.2 Å². The lowest BCUT2D eigenvalue weighted by Crippen LogP contribution is -2.42. The molecule has 1 amide bonds. The molecule has 0 fully saturated rings. The first-order valence-corrected chi connectivity index (χ1v) is 9.11. The Labute approximate surface area is 171 Å². The number of aryl methyl sites for hydroxylation is 1. The SMILES string of the molecule is CC(=O)Oc1ccc(CC(NC(=O)c2cc(C)nc3ccc(F)cc23)C(=O)O)cc1. The quantitative estimate of drug-likeness (QED) is 0.478. The second kappa shape index (κ2) is 8.69. The van der Waals surface area contributed by atoms with Crippen LogP contribution in [0.4, 0.5) is 4.39 Å². The molecule has 7 nitrogen and oxygen atoms in total. The van der Waals surface area contributed by atoms with Crippen molar-refractivity contribution in [2.75, 3.05) is 0 Å². The number of carbonyl (C=O) groups excluding carboxylic acids is 2. The number of pyridine rings is 1. The van der Waals surface area contributed by atoms with Crippen LogP contribution >= 0.6 is 0 Å². The molecule has 0 aliphatic rings. The minimum absolute atomic E-state index is 0.0117. The van der Waals surface area contributed by atoms with Gasteiger partial charge in [-0.3, -0.25) is 14.6 Å². The molecule has 1 aromatic heterocycles. The summed E-state index contributed by atoms with van der Waals surface area (Å²) in [5, 5.41) is 12.4. The highest BCUT2D eigenvalue weighted by atomic mass is 19.1. The molecule has 30 heavy (non-hydrogen) atoms. The molecule has 3 aromatic rings. The maximum absolute atomic E-state index is 13.7. The fraction of sp³-hybridized carbons (Fsp3) is 0.182. The minimum Gasteiger partial charge on any atom is -0.480 e. The first-order chi connectivity index (χ1) is 14.2. The molecule has 3 rings (SSSR count). The number of carboxylic acid groups (broad SMARTS) is 1. The highest BCUT2D eigenvalue weighted by Gasteiger charge is 2.23. The maximum atomic E-state index is 13.7. The molecule has 2 N–H and O–H groups in total. The molecular weight excluding hydrogens is 391 g/mol. The van der Waals surface area contributed by atoms with E-state index in [0.29, 0.717) is 27.9 Å². The molecule has 1 atom stereocenters. The standard InChI is InChI=1S/C22H19FN2O5/c1-12-9-18(17-11-15(23)5-8-19(17)24-12)21(27)25-20(22(28)29)10-14-3-6-16(7-4-14)30-13(2)26/h3-9,11,20H,10H2,1-2H3,(H,25,27)(H,28,29). The van der Waals surface area contributed by atoms with Gasteiger partial charge in [0.1, 0.15) is 17.6 Å². The van der Waals surface area contributed by atoms with Gasteiger partial charge in [0.15, 0.2) is 0 Å². The van der Waals surface area contributed by atoms with Crippen LogP contribution in [-0.2, 0) is 16.0 Å². The van der Waals surface area contributed by atoms with Gasteiger partial charge in [0.05, 0.1) is 11.1 Å². The largest absolute Gasteiger partial charge is 0.480 e. The molecule has 0 saturated heterocycles. The number of benzene rings is 2. The van der Waals surface area contributed by atoms with E-state index in [4.69, 9.17) is 4.74 Å². The number of nitrogens with zero attached hydrogens (tertiary/aromatic N) is 1. The molecule has 2 aromatic carbocycles. The normalized spacial score (nSPS) is 11.7. The number of hydrogen-bond acceptors (Lipinski definition) is 5. The molecular formula is C22H19FN2O5. The summed E-state index contributed by atoms with van der Waals surface area (Å²) in [6.45, 7) is 2.97. The van der Waals surface area contributed by atoms with Crippen LogP contribution in [0.1, 0.15) is 28.5 Å². The van der Waals surface area contributed by atoms with Gasteiger partial charge in [0, 0.05) is 24.4 Å². The number of carbonyl (C=O) groups is 3. The summed E-state index contributed by atoms with van der Waals surface area (Å²) in [5.74, 6) is -2.50. The summed E-state index contributed by atoms with van der Waals surface area (Å²) in [6, 6.07) is 10.5. The summed E-state index contributed by atoms with van der Waals surface area (Å²) >= 11 is 0. The van der Waals surface area contributed by atoms with Crippen molar-refractivity contribution in [3.63, 3.8) is 0 Å². The third kappa shape index (κ3) is 4.96. The van der Waals surface area contributed by atoms with Crippen molar-refractivity contribution >= 4 is 28.7 Å². The van der Waals surface area contributed by atoms with E-state index in [0.717, 1.165) is 0 Å². The molecule has 0 saturated carbocycles. The number of halogens is 1. The van der Waals surface area contributed by atoms with E-state index in [9.17, 15) is 23.9 Å². The van der Waals surface area contributed by atoms with Gasteiger partial charge < -0.3 is 15.2 Å². The lowest BCUT2D eigenvalue weighted by atomic mass is 10.0. The fourth-order valence-corrected chi connectivity index (χ4v) is 3.05. The van der Waals surface area contributed by atoms with Crippen molar-refractivity contribution in [1.82, 2.24) is 10.3 Å². The highest BCUT2D eigenvalue weighted by Crippen LogP contribution is 2.20. The zero-order valence-corrected chi connectivity index (χ0v) is 16.3. The van der Waals surface area contributed by atoms with Crippen molar-refractivity contribution in [2.24, 2.45) is 0 Å². The Balaban J connectivity index is 1.83. The second-order valence-electron chi connectivity index (χ2n) is 6.78. The molecule has 1 heterocycles. The number of hydrogen-bond donors (Lipinski definition) is 2. The Kier molecular flexibility index (Phi) is 6.06. The van der Waals surface area contributed by atoms with E-state index in [1.807, 2.05) is 0 Å². The van der Waals surface area contributed by atoms with Gasteiger partial charge in [-0.15, -0.1) is 0 Å².